The third-order valence-corrected chi connectivity index (χ3v) is 5.18. The van der Waals surface area contributed by atoms with Crippen molar-refractivity contribution in [3.8, 4) is 0 Å². The smallest absolute Gasteiger partial charge is 0.225 e. The van der Waals surface area contributed by atoms with Crippen molar-refractivity contribution >= 4 is 34.0 Å². The molecule has 0 atom stereocenters. The maximum absolute atomic E-state index is 4.74. The highest BCUT2D eigenvalue weighted by Gasteiger charge is 2.16. The molecule has 2 aromatic heterocycles. The highest BCUT2D eigenvalue weighted by Crippen LogP contribution is 2.25. The Hall–Kier alpha value is -2.14. The zero-order valence-electron chi connectivity index (χ0n) is 13.0. The summed E-state index contributed by atoms with van der Waals surface area (Å²) in [5.41, 5.74) is 0.983. The number of nitrogens with zero attached hydrogens (tertiary/aromatic N) is 2. The van der Waals surface area contributed by atoms with E-state index in [0.717, 1.165) is 29.2 Å². The Kier molecular flexibility index (Phi) is 4.11. The molecule has 3 aromatic rings. The van der Waals surface area contributed by atoms with Gasteiger partial charge in [-0.2, -0.15) is 4.98 Å². The molecule has 0 radical (unpaired) electrons. The van der Waals surface area contributed by atoms with E-state index in [1.54, 1.807) is 11.3 Å². The SMILES string of the molecule is c1csc(CNc2nc(NC3CCCC3)nc3ccccc23)c1. The van der Waals surface area contributed by atoms with Gasteiger partial charge in [0.15, 0.2) is 0 Å². The molecule has 4 nitrogen and oxygen atoms in total. The van der Waals surface area contributed by atoms with Crippen LogP contribution >= 0.6 is 11.3 Å². The van der Waals surface area contributed by atoms with Crippen molar-refractivity contribution in [2.45, 2.75) is 38.3 Å². The van der Waals surface area contributed by atoms with Crippen molar-refractivity contribution in [2.75, 3.05) is 10.6 Å². The molecule has 0 amide bonds. The summed E-state index contributed by atoms with van der Waals surface area (Å²) in [4.78, 5) is 10.7. The van der Waals surface area contributed by atoms with Crippen molar-refractivity contribution in [1.82, 2.24) is 9.97 Å². The normalized spacial score (nSPS) is 15.1. The number of fused-ring (bicyclic) bond motifs is 1. The van der Waals surface area contributed by atoms with Crippen LogP contribution in [-0.4, -0.2) is 16.0 Å². The minimum absolute atomic E-state index is 0.515. The Labute approximate surface area is 140 Å². The number of benzene rings is 1. The van der Waals surface area contributed by atoms with Crippen LogP contribution < -0.4 is 10.6 Å². The van der Waals surface area contributed by atoms with Crippen LogP contribution in [0.25, 0.3) is 10.9 Å². The summed E-state index contributed by atoms with van der Waals surface area (Å²) in [6.07, 6.45) is 5.03. The van der Waals surface area contributed by atoms with Gasteiger partial charge in [-0.15, -0.1) is 11.3 Å². The average molecular weight is 324 g/mol. The fourth-order valence-electron chi connectivity index (χ4n) is 3.11. The first kappa shape index (κ1) is 14.5. The van der Waals surface area contributed by atoms with E-state index < -0.39 is 0 Å². The molecule has 2 N–H and O–H groups in total. The van der Waals surface area contributed by atoms with E-state index in [0.29, 0.717) is 6.04 Å². The summed E-state index contributed by atoms with van der Waals surface area (Å²) in [5.74, 6) is 1.65. The van der Waals surface area contributed by atoms with Crippen LogP contribution in [0.4, 0.5) is 11.8 Å². The maximum Gasteiger partial charge on any atom is 0.225 e. The van der Waals surface area contributed by atoms with Crippen molar-refractivity contribution in [3.63, 3.8) is 0 Å². The predicted octanol–water partition coefficient (Wildman–Crippen LogP) is 4.66. The molecule has 2 heterocycles. The molecule has 0 bridgehead atoms. The number of para-hydroxylation sites is 1. The minimum Gasteiger partial charge on any atom is -0.364 e. The number of hydrogen-bond acceptors (Lipinski definition) is 5. The molecule has 0 aliphatic heterocycles. The number of thiophene rings is 1. The monoisotopic (exact) mass is 324 g/mol. The second kappa shape index (κ2) is 6.54. The molecule has 0 spiro atoms. The van der Waals surface area contributed by atoms with E-state index in [9.17, 15) is 0 Å². The Morgan fingerprint density at radius 2 is 1.91 bits per heavy atom. The molecular formula is C18H20N4S. The van der Waals surface area contributed by atoms with Crippen LogP contribution in [0.1, 0.15) is 30.6 Å². The summed E-state index contributed by atoms with van der Waals surface area (Å²) < 4.78 is 0. The third kappa shape index (κ3) is 3.29. The first-order valence-corrected chi connectivity index (χ1v) is 9.06. The average Bonchev–Trinajstić information content (AvgIpc) is 3.26. The topological polar surface area (TPSA) is 49.8 Å². The van der Waals surface area contributed by atoms with E-state index in [4.69, 9.17) is 4.98 Å². The fourth-order valence-corrected chi connectivity index (χ4v) is 3.76. The van der Waals surface area contributed by atoms with Gasteiger partial charge >= 0.3 is 0 Å². The second-order valence-corrected chi connectivity index (χ2v) is 7.00. The van der Waals surface area contributed by atoms with Crippen LogP contribution in [0.15, 0.2) is 41.8 Å². The van der Waals surface area contributed by atoms with Gasteiger partial charge in [-0.1, -0.05) is 31.0 Å². The molecule has 1 aliphatic rings. The number of hydrogen-bond donors (Lipinski definition) is 2. The van der Waals surface area contributed by atoms with Crippen LogP contribution in [0, 0.1) is 0 Å². The van der Waals surface area contributed by atoms with E-state index >= 15 is 0 Å². The zero-order valence-corrected chi connectivity index (χ0v) is 13.8. The summed E-state index contributed by atoms with van der Waals surface area (Å²) in [6.45, 7) is 0.793. The number of nitrogens with one attached hydrogen (secondary N) is 2. The zero-order chi connectivity index (χ0) is 15.5. The molecule has 1 aliphatic carbocycles. The lowest BCUT2D eigenvalue weighted by Crippen LogP contribution is -2.17. The molecule has 4 rings (SSSR count). The van der Waals surface area contributed by atoms with Crippen LogP contribution in [0.5, 0.6) is 0 Å². The fraction of sp³-hybridized carbons (Fsp3) is 0.333. The summed E-state index contributed by atoms with van der Waals surface area (Å²) in [6, 6.07) is 12.9. The summed E-state index contributed by atoms with van der Waals surface area (Å²) in [7, 11) is 0. The highest BCUT2D eigenvalue weighted by molar-refractivity contribution is 7.09. The van der Waals surface area contributed by atoms with Crippen molar-refractivity contribution < 1.29 is 0 Å². The Morgan fingerprint density at radius 3 is 2.74 bits per heavy atom. The van der Waals surface area contributed by atoms with Crippen LogP contribution in [0.3, 0.4) is 0 Å². The molecule has 1 aromatic carbocycles. The van der Waals surface area contributed by atoms with E-state index in [2.05, 4.69) is 39.2 Å². The Balaban J connectivity index is 1.62. The second-order valence-electron chi connectivity index (χ2n) is 5.97. The first-order chi connectivity index (χ1) is 11.4. The standard InChI is InChI=1S/C18H20N4S/c1-2-7-13(6-1)20-18-21-16-10-4-3-9-15(16)17(22-18)19-12-14-8-5-11-23-14/h3-5,8-11,13H,1-2,6-7,12H2,(H2,19,20,21,22). The lowest BCUT2D eigenvalue weighted by atomic mass is 10.2. The van der Waals surface area contributed by atoms with Crippen LogP contribution in [0.2, 0.25) is 0 Å². The molecule has 0 unspecified atom stereocenters. The van der Waals surface area contributed by atoms with E-state index in [1.807, 2.05) is 18.2 Å². The number of rotatable bonds is 5. The molecular weight excluding hydrogens is 304 g/mol. The van der Waals surface area contributed by atoms with Crippen molar-refractivity contribution in [3.05, 3.63) is 46.7 Å². The lowest BCUT2D eigenvalue weighted by molar-refractivity contribution is 0.745. The quantitative estimate of drug-likeness (QED) is 0.717. The third-order valence-electron chi connectivity index (χ3n) is 4.30. The summed E-state index contributed by atoms with van der Waals surface area (Å²) in [5, 5.41) is 10.2. The van der Waals surface area contributed by atoms with Crippen molar-refractivity contribution in [2.24, 2.45) is 0 Å². The van der Waals surface area contributed by atoms with Gasteiger partial charge in [-0.05, 0) is 36.4 Å². The maximum atomic E-state index is 4.74. The number of anilines is 2. The molecule has 118 valence electrons. The Bertz CT molecular complexity index is 779. The van der Waals surface area contributed by atoms with Crippen LogP contribution in [-0.2, 0) is 6.54 Å². The highest BCUT2D eigenvalue weighted by atomic mass is 32.1. The molecule has 1 fully saturated rings. The van der Waals surface area contributed by atoms with Gasteiger partial charge in [-0.25, -0.2) is 4.98 Å². The largest absolute Gasteiger partial charge is 0.364 e. The van der Waals surface area contributed by atoms with Gasteiger partial charge in [0.1, 0.15) is 5.82 Å². The molecule has 0 saturated heterocycles. The van der Waals surface area contributed by atoms with E-state index in [-0.39, 0.29) is 0 Å². The minimum atomic E-state index is 0.515. The molecule has 5 heteroatoms. The van der Waals surface area contributed by atoms with Gasteiger partial charge in [0.05, 0.1) is 12.1 Å². The Morgan fingerprint density at radius 1 is 1.04 bits per heavy atom. The molecule has 1 saturated carbocycles. The first-order valence-electron chi connectivity index (χ1n) is 8.18. The van der Waals surface area contributed by atoms with Gasteiger partial charge in [0.2, 0.25) is 5.95 Å². The lowest BCUT2D eigenvalue weighted by Gasteiger charge is -2.14. The molecule has 23 heavy (non-hydrogen) atoms. The van der Waals surface area contributed by atoms with Gasteiger partial charge < -0.3 is 10.6 Å². The van der Waals surface area contributed by atoms with Crippen molar-refractivity contribution in [1.29, 1.82) is 0 Å². The van der Waals surface area contributed by atoms with Gasteiger partial charge in [-0.3, -0.25) is 0 Å². The number of aromatic nitrogens is 2. The van der Waals surface area contributed by atoms with Gasteiger partial charge in [0.25, 0.3) is 0 Å². The predicted molar refractivity (Wildman–Crippen MR) is 97.1 cm³/mol. The van der Waals surface area contributed by atoms with Gasteiger partial charge in [0, 0.05) is 16.3 Å². The summed E-state index contributed by atoms with van der Waals surface area (Å²) >= 11 is 1.76. The van der Waals surface area contributed by atoms with E-state index in [1.165, 1.54) is 30.6 Å².